The van der Waals surface area contributed by atoms with Gasteiger partial charge in [-0.2, -0.15) is 4.98 Å². The van der Waals surface area contributed by atoms with E-state index in [0.717, 1.165) is 0 Å². The minimum Gasteiger partial charge on any atom is -0.493 e. The maximum atomic E-state index is 12.7. The first-order valence-electron chi connectivity index (χ1n) is 4.64. The number of nitrogens with zero attached hydrogens (tertiary/aromatic N) is 1. The molecule has 16 heavy (non-hydrogen) atoms. The molecule has 0 spiro atoms. The normalized spacial score (nSPS) is 10.4. The highest BCUT2D eigenvalue weighted by molar-refractivity contribution is 5.55. The van der Waals surface area contributed by atoms with Crippen LogP contribution in [0.4, 0.5) is 4.39 Å². The Morgan fingerprint density at radius 3 is 2.50 bits per heavy atom. The zero-order valence-corrected chi connectivity index (χ0v) is 8.49. The standard InChI is InChI=1S/C11H9FN2O2/c1-6-10(15)13-9(14-11(6)16)7-2-4-8(12)5-3-7/h2-5H,1H3,(H2,13,14,15,16). The molecule has 1 heterocycles. The third-order valence-corrected chi connectivity index (χ3v) is 2.24. The molecule has 0 fully saturated rings. The predicted molar refractivity (Wildman–Crippen MR) is 56.7 cm³/mol. The first kappa shape index (κ1) is 10.4. The van der Waals surface area contributed by atoms with Gasteiger partial charge in [0.2, 0.25) is 5.88 Å². The lowest BCUT2D eigenvalue weighted by Gasteiger charge is -2.02. The van der Waals surface area contributed by atoms with Gasteiger partial charge >= 0.3 is 0 Å². The van der Waals surface area contributed by atoms with Gasteiger partial charge in [0, 0.05) is 5.56 Å². The molecule has 0 bridgehead atoms. The second kappa shape index (κ2) is 3.77. The summed E-state index contributed by atoms with van der Waals surface area (Å²) in [5, 5.41) is 9.39. The molecule has 0 amide bonds. The SMILES string of the molecule is Cc1c(O)nc(-c2ccc(F)cc2)[nH]c1=O. The van der Waals surface area contributed by atoms with E-state index in [4.69, 9.17) is 0 Å². The van der Waals surface area contributed by atoms with Crippen LogP contribution in [0.3, 0.4) is 0 Å². The molecule has 0 atom stereocenters. The van der Waals surface area contributed by atoms with Gasteiger partial charge in [-0.1, -0.05) is 0 Å². The van der Waals surface area contributed by atoms with Crippen molar-refractivity contribution in [2.75, 3.05) is 0 Å². The van der Waals surface area contributed by atoms with Crippen LogP contribution in [0, 0.1) is 12.7 Å². The Balaban J connectivity index is 2.57. The summed E-state index contributed by atoms with van der Waals surface area (Å²) in [7, 11) is 0. The zero-order valence-electron chi connectivity index (χ0n) is 8.49. The molecular weight excluding hydrogens is 211 g/mol. The van der Waals surface area contributed by atoms with Crippen LogP contribution in [0.1, 0.15) is 5.56 Å². The van der Waals surface area contributed by atoms with Crippen LogP contribution in [-0.4, -0.2) is 15.1 Å². The Bertz CT molecular complexity index is 576. The van der Waals surface area contributed by atoms with Crippen molar-refractivity contribution in [3.63, 3.8) is 0 Å². The molecular formula is C11H9FN2O2. The average molecular weight is 220 g/mol. The van der Waals surface area contributed by atoms with Crippen molar-refractivity contribution >= 4 is 0 Å². The summed E-state index contributed by atoms with van der Waals surface area (Å²) >= 11 is 0. The van der Waals surface area contributed by atoms with Crippen molar-refractivity contribution in [3.05, 3.63) is 46.0 Å². The largest absolute Gasteiger partial charge is 0.493 e. The molecule has 2 N–H and O–H groups in total. The lowest BCUT2D eigenvalue weighted by Crippen LogP contribution is -2.12. The molecule has 82 valence electrons. The van der Waals surface area contributed by atoms with E-state index in [9.17, 15) is 14.3 Å². The molecule has 0 aliphatic heterocycles. The van der Waals surface area contributed by atoms with E-state index in [0.29, 0.717) is 5.56 Å². The quantitative estimate of drug-likeness (QED) is 0.766. The number of aromatic amines is 1. The van der Waals surface area contributed by atoms with E-state index in [1.165, 1.54) is 31.2 Å². The van der Waals surface area contributed by atoms with Gasteiger partial charge in [0.05, 0.1) is 5.56 Å². The Hall–Kier alpha value is -2.17. The number of rotatable bonds is 1. The molecule has 2 aromatic rings. The van der Waals surface area contributed by atoms with Gasteiger partial charge in [-0.25, -0.2) is 4.39 Å². The first-order valence-corrected chi connectivity index (χ1v) is 4.64. The second-order valence-electron chi connectivity index (χ2n) is 3.37. The highest BCUT2D eigenvalue weighted by Gasteiger charge is 2.07. The third-order valence-electron chi connectivity index (χ3n) is 2.24. The van der Waals surface area contributed by atoms with Crippen LogP contribution < -0.4 is 5.56 Å². The highest BCUT2D eigenvalue weighted by atomic mass is 19.1. The van der Waals surface area contributed by atoms with E-state index in [1.807, 2.05) is 0 Å². The number of benzene rings is 1. The Kier molecular flexibility index (Phi) is 2.44. The average Bonchev–Trinajstić information content (AvgIpc) is 2.26. The minimum absolute atomic E-state index is 0.158. The maximum absolute atomic E-state index is 12.7. The molecule has 0 radical (unpaired) electrons. The fourth-order valence-electron chi connectivity index (χ4n) is 1.27. The molecule has 0 saturated heterocycles. The van der Waals surface area contributed by atoms with E-state index < -0.39 is 5.56 Å². The number of aromatic hydroxyl groups is 1. The second-order valence-corrected chi connectivity index (χ2v) is 3.37. The molecule has 0 saturated carbocycles. The fourth-order valence-corrected chi connectivity index (χ4v) is 1.27. The lowest BCUT2D eigenvalue weighted by atomic mass is 10.2. The maximum Gasteiger partial charge on any atom is 0.257 e. The van der Waals surface area contributed by atoms with Crippen LogP contribution >= 0.6 is 0 Å². The van der Waals surface area contributed by atoms with E-state index in [-0.39, 0.29) is 23.1 Å². The topological polar surface area (TPSA) is 66.0 Å². The smallest absolute Gasteiger partial charge is 0.257 e. The van der Waals surface area contributed by atoms with Gasteiger partial charge < -0.3 is 10.1 Å². The summed E-state index contributed by atoms with van der Waals surface area (Å²) in [5.74, 6) is -0.474. The van der Waals surface area contributed by atoms with Crippen LogP contribution in [0.2, 0.25) is 0 Å². The Labute approximate surface area is 90.4 Å². The molecule has 2 rings (SSSR count). The van der Waals surface area contributed by atoms with Crippen molar-refractivity contribution in [3.8, 4) is 17.3 Å². The van der Waals surface area contributed by atoms with Crippen LogP contribution in [0.15, 0.2) is 29.1 Å². The molecule has 0 aliphatic rings. The monoisotopic (exact) mass is 220 g/mol. The van der Waals surface area contributed by atoms with Crippen molar-refractivity contribution in [2.45, 2.75) is 6.92 Å². The van der Waals surface area contributed by atoms with Gasteiger partial charge in [-0.15, -0.1) is 0 Å². The number of nitrogens with one attached hydrogen (secondary N) is 1. The highest BCUT2D eigenvalue weighted by Crippen LogP contribution is 2.17. The summed E-state index contributed by atoms with van der Waals surface area (Å²) in [6, 6.07) is 5.46. The van der Waals surface area contributed by atoms with Gasteiger partial charge in [0.15, 0.2) is 0 Å². The van der Waals surface area contributed by atoms with Gasteiger partial charge in [0.25, 0.3) is 5.56 Å². The summed E-state index contributed by atoms with van der Waals surface area (Å²) in [6.45, 7) is 1.47. The van der Waals surface area contributed by atoms with Crippen molar-refractivity contribution in [1.29, 1.82) is 0 Å². The Morgan fingerprint density at radius 1 is 1.31 bits per heavy atom. The van der Waals surface area contributed by atoms with E-state index in [1.54, 1.807) is 0 Å². The number of hydrogen-bond acceptors (Lipinski definition) is 3. The summed E-state index contributed by atoms with van der Waals surface area (Å²) in [5.41, 5.74) is 0.284. The fraction of sp³-hybridized carbons (Fsp3) is 0.0909. The molecule has 5 heteroatoms. The van der Waals surface area contributed by atoms with Crippen molar-refractivity contribution in [1.82, 2.24) is 9.97 Å². The van der Waals surface area contributed by atoms with Crippen LogP contribution in [-0.2, 0) is 0 Å². The van der Waals surface area contributed by atoms with E-state index >= 15 is 0 Å². The number of halogens is 1. The first-order chi connectivity index (χ1) is 7.58. The van der Waals surface area contributed by atoms with Crippen molar-refractivity contribution in [2.24, 2.45) is 0 Å². The molecule has 1 aromatic heterocycles. The molecule has 1 aromatic carbocycles. The lowest BCUT2D eigenvalue weighted by molar-refractivity contribution is 0.447. The number of aromatic nitrogens is 2. The van der Waals surface area contributed by atoms with Gasteiger partial charge in [-0.05, 0) is 31.2 Å². The van der Waals surface area contributed by atoms with Crippen molar-refractivity contribution < 1.29 is 9.50 Å². The van der Waals surface area contributed by atoms with Crippen LogP contribution in [0.25, 0.3) is 11.4 Å². The number of hydrogen-bond donors (Lipinski definition) is 2. The van der Waals surface area contributed by atoms with Crippen LogP contribution in [0.5, 0.6) is 5.88 Å². The summed E-state index contributed by atoms with van der Waals surface area (Å²) in [4.78, 5) is 17.7. The number of H-pyrrole nitrogens is 1. The van der Waals surface area contributed by atoms with Gasteiger partial charge in [0.1, 0.15) is 11.6 Å². The van der Waals surface area contributed by atoms with E-state index in [2.05, 4.69) is 9.97 Å². The molecule has 0 unspecified atom stereocenters. The Morgan fingerprint density at radius 2 is 1.94 bits per heavy atom. The molecule has 0 aliphatic carbocycles. The molecule has 4 nitrogen and oxygen atoms in total. The summed E-state index contributed by atoms with van der Waals surface area (Å²) < 4.78 is 12.7. The third kappa shape index (κ3) is 1.79. The zero-order chi connectivity index (χ0) is 11.7. The predicted octanol–water partition coefficient (Wildman–Crippen LogP) is 1.59. The van der Waals surface area contributed by atoms with Gasteiger partial charge in [-0.3, -0.25) is 4.79 Å². The summed E-state index contributed by atoms with van der Waals surface area (Å²) in [6.07, 6.45) is 0. The minimum atomic E-state index is -0.410.